The molecule has 16 heavy (non-hydrogen) atoms. The first-order valence-electron chi connectivity index (χ1n) is 4.56. The Kier molecular flexibility index (Phi) is 5.58. The van der Waals surface area contributed by atoms with E-state index in [0.29, 0.717) is 5.56 Å². The standard InChI is InChI=1S/C11H14O2S3/c1-13-11(12)7-5-8(14-2)10(16-4)9(6-7)15-3/h5-6H,1-4H3. The lowest BCUT2D eigenvalue weighted by Gasteiger charge is -2.11. The number of rotatable bonds is 4. The Hall–Kier alpha value is -0.260. The minimum Gasteiger partial charge on any atom is -0.465 e. The van der Waals surface area contributed by atoms with Crippen molar-refractivity contribution in [1.82, 2.24) is 0 Å². The van der Waals surface area contributed by atoms with E-state index in [1.54, 1.807) is 35.3 Å². The van der Waals surface area contributed by atoms with E-state index in [1.165, 1.54) is 12.0 Å². The molecule has 0 aliphatic heterocycles. The minimum atomic E-state index is -0.279. The van der Waals surface area contributed by atoms with Crippen LogP contribution in [0.15, 0.2) is 26.8 Å². The van der Waals surface area contributed by atoms with Gasteiger partial charge < -0.3 is 4.74 Å². The fraction of sp³-hybridized carbons (Fsp3) is 0.364. The molecule has 88 valence electrons. The molecule has 0 radical (unpaired) electrons. The highest BCUT2D eigenvalue weighted by Crippen LogP contribution is 2.37. The van der Waals surface area contributed by atoms with Gasteiger partial charge in [0.1, 0.15) is 0 Å². The SMILES string of the molecule is COC(=O)c1cc(SC)c(SC)c(SC)c1. The number of methoxy groups -OCH3 is 1. The van der Waals surface area contributed by atoms with Crippen LogP contribution in [0.3, 0.4) is 0 Å². The quantitative estimate of drug-likeness (QED) is 0.617. The first-order valence-corrected chi connectivity index (χ1v) is 8.23. The molecule has 0 atom stereocenters. The molecule has 0 saturated carbocycles. The third-order valence-corrected chi connectivity index (χ3v) is 4.72. The topological polar surface area (TPSA) is 26.3 Å². The van der Waals surface area contributed by atoms with Crippen LogP contribution in [-0.2, 0) is 4.74 Å². The summed E-state index contributed by atoms with van der Waals surface area (Å²) in [4.78, 5) is 15.0. The van der Waals surface area contributed by atoms with Crippen molar-refractivity contribution in [3.8, 4) is 0 Å². The van der Waals surface area contributed by atoms with Crippen LogP contribution in [0.25, 0.3) is 0 Å². The van der Waals surface area contributed by atoms with Crippen molar-refractivity contribution >= 4 is 41.3 Å². The van der Waals surface area contributed by atoms with Crippen LogP contribution in [0.5, 0.6) is 0 Å². The maximum atomic E-state index is 11.5. The lowest BCUT2D eigenvalue weighted by Crippen LogP contribution is -2.02. The summed E-state index contributed by atoms with van der Waals surface area (Å²) in [5.74, 6) is -0.279. The summed E-state index contributed by atoms with van der Waals surface area (Å²) in [6.07, 6.45) is 6.08. The van der Waals surface area contributed by atoms with Gasteiger partial charge in [0.15, 0.2) is 0 Å². The summed E-state index contributed by atoms with van der Waals surface area (Å²) >= 11 is 5.00. The Morgan fingerprint density at radius 1 is 1.06 bits per heavy atom. The molecule has 1 rings (SSSR count). The Bertz CT molecular complexity index is 366. The molecule has 0 bridgehead atoms. The van der Waals surface area contributed by atoms with E-state index in [4.69, 9.17) is 4.74 Å². The normalized spacial score (nSPS) is 10.2. The number of ether oxygens (including phenoxy) is 1. The van der Waals surface area contributed by atoms with E-state index in [0.717, 1.165) is 9.79 Å². The summed E-state index contributed by atoms with van der Waals surface area (Å²) in [6.45, 7) is 0. The third kappa shape index (κ3) is 2.90. The first-order chi connectivity index (χ1) is 7.67. The van der Waals surface area contributed by atoms with E-state index in [1.807, 2.05) is 30.9 Å². The first kappa shape index (κ1) is 13.8. The van der Waals surface area contributed by atoms with Gasteiger partial charge in [-0.3, -0.25) is 0 Å². The van der Waals surface area contributed by atoms with Crippen molar-refractivity contribution < 1.29 is 9.53 Å². The number of benzene rings is 1. The van der Waals surface area contributed by atoms with Crippen molar-refractivity contribution in [3.63, 3.8) is 0 Å². The van der Waals surface area contributed by atoms with Gasteiger partial charge in [-0.2, -0.15) is 0 Å². The number of thioether (sulfide) groups is 3. The van der Waals surface area contributed by atoms with Crippen LogP contribution in [0.1, 0.15) is 10.4 Å². The molecule has 0 aliphatic rings. The monoisotopic (exact) mass is 274 g/mol. The van der Waals surface area contributed by atoms with Gasteiger partial charge in [0.25, 0.3) is 0 Å². The summed E-state index contributed by atoms with van der Waals surface area (Å²) in [6, 6.07) is 3.78. The summed E-state index contributed by atoms with van der Waals surface area (Å²) in [7, 11) is 1.41. The summed E-state index contributed by atoms with van der Waals surface area (Å²) < 4.78 is 4.74. The Morgan fingerprint density at radius 3 is 1.88 bits per heavy atom. The average molecular weight is 274 g/mol. The molecule has 0 saturated heterocycles. The van der Waals surface area contributed by atoms with Crippen LogP contribution in [0.4, 0.5) is 0 Å². The van der Waals surface area contributed by atoms with E-state index in [9.17, 15) is 4.79 Å². The highest BCUT2D eigenvalue weighted by molar-refractivity contribution is 8.03. The van der Waals surface area contributed by atoms with Crippen molar-refractivity contribution in [2.45, 2.75) is 14.7 Å². The number of carbonyl (C=O) groups is 1. The van der Waals surface area contributed by atoms with Gasteiger partial charge in [0, 0.05) is 14.7 Å². The molecule has 0 N–H and O–H groups in total. The molecule has 0 spiro atoms. The van der Waals surface area contributed by atoms with Crippen molar-refractivity contribution in [1.29, 1.82) is 0 Å². The van der Waals surface area contributed by atoms with Crippen molar-refractivity contribution in [2.24, 2.45) is 0 Å². The predicted octanol–water partition coefficient (Wildman–Crippen LogP) is 3.64. The molecule has 1 aromatic rings. The van der Waals surface area contributed by atoms with Gasteiger partial charge in [-0.25, -0.2) is 4.79 Å². The van der Waals surface area contributed by atoms with Gasteiger partial charge in [-0.1, -0.05) is 0 Å². The fourth-order valence-electron chi connectivity index (χ4n) is 1.32. The van der Waals surface area contributed by atoms with Gasteiger partial charge in [0.05, 0.1) is 12.7 Å². The molecule has 0 amide bonds. The zero-order valence-electron chi connectivity index (χ0n) is 9.70. The van der Waals surface area contributed by atoms with E-state index < -0.39 is 0 Å². The smallest absolute Gasteiger partial charge is 0.337 e. The van der Waals surface area contributed by atoms with E-state index in [-0.39, 0.29) is 5.97 Å². The molecule has 1 aromatic carbocycles. The fourth-order valence-corrected chi connectivity index (χ4v) is 3.98. The van der Waals surface area contributed by atoms with E-state index in [2.05, 4.69) is 0 Å². The molecular weight excluding hydrogens is 260 g/mol. The third-order valence-electron chi connectivity index (χ3n) is 2.09. The molecule has 0 fully saturated rings. The van der Waals surface area contributed by atoms with Crippen LogP contribution in [0, 0.1) is 0 Å². The summed E-state index contributed by atoms with van der Waals surface area (Å²) in [5, 5.41) is 0. The molecule has 0 aliphatic carbocycles. The van der Waals surface area contributed by atoms with Crippen LogP contribution in [0.2, 0.25) is 0 Å². The molecular formula is C11H14O2S3. The number of hydrogen-bond donors (Lipinski definition) is 0. The van der Waals surface area contributed by atoms with Gasteiger partial charge in [-0.15, -0.1) is 35.3 Å². The Labute approximate surface area is 109 Å². The maximum Gasteiger partial charge on any atom is 0.337 e. The van der Waals surface area contributed by atoms with E-state index >= 15 is 0 Å². The zero-order chi connectivity index (χ0) is 12.1. The Balaban J connectivity index is 3.31. The van der Waals surface area contributed by atoms with Crippen molar-refractivity contribution in [3.05, 3.63) is 17.7 Å². The number of esters is 1. The molecule has 0 unspecified atom stereocenters. The highest BCUT2D eigenvalue weighted by Gasteiger charge is 2.13. The molecule has 0 heterocycles. The van der Waals surface area contributed by atoms with Gasteiger partial charge in [-0.05, 0) is 30.9 Å². The van der Waals surface area contributed by atoms with Gasteiger partial charge >= 0.3 is 5.97 Å². The second-order valence-electron chi connectivity index (χ2n) is 2.91. The average Bonchev–Trinajstić information content (AvgIpc) is 2.35. The lowest BCUT2D eigenvalue weighted by atomic mass is 10.2. The lowest BCUT2D eigenvalue weighted by molar-refractivity contribution is 0.0600. The second-order valence-corrected chi connectivity index (χ2v) is 5.42. The minimum absolute atomic E-state index is 0.279. The van der Waals surface area contributed by atoms with Crippen LogP contribution >= 0.6 is 35.3 Å². The maximum absolute atomic E-state index is 11.5. The highest BCUT2D eigenvalue weighted by atomic mass is 32.2. The predicted molar refractivity (Wildman–Crippen MR) is 73.1 cm³/mol. The van der Waals surface area contributed by atoms with Gasteiger partial charge in [0.2, 0.25) is 0 Å². The second kappa shape index (κ2) is 6.47. The molecule has 0 aromatic heterocycles. The molecule has 5 heteroatoms. The number of hydrogen-bond acceptors (Lipinski definition) is 5. The Morgan fingerprint density at radius 2 is 1.56 bits per heavy atom. The number of carbonyl (C=O) groups excluding carboxylic acids is 1. The van der Waals surface area contributed by atoms with Crippen molar-refractivity contribution in [2.75, 3.05) is 25.9 Å². The van der Waals surface area contributed by atoms with Crippen LogP contribution in [-0.4, -0.2) is 31.8 Å². The largest absolute Gasteiger partial charge is 0.465 e. The molecule has 2 nitrogen and oxygen atoms in total. The summed E-state index contributed by atoms with van der Waals surface area (Å²) in [5.41, 5.74) is 0.619. The van der Waals surface area contributed by atoms with Crippen LogP contribution < -0.4 is 0 Å². The zero-order valence-corrected chi connectivity index (χ0v) is 12.1.